The van der Waals surface area contributed by atoms with Crippen molar-refractivity contribution in [3.05, 3.63) is 28.7 Å². The van der Waals surface area contributed by atoms with Gasteiger partial charge >= 0.3 is 11.9 Å². The van der Waals surface area contributed by atoms with Gasteiger partial charge in [0, 0.05) is 23.2 Å². The van der Waals surface area contributed by atoms with E-state index in [0.29, 0.717) is 12.8 Å². The van der Waals surface area contributed by atoms with E-state index in [9.17, 15) is 36.0 Å². The molecule has 0 aliphatic rings. The van der Waals surface area contributed by atoms with Crippen LogP contribution in [-0.2, 0) is 57.3 Å². The number of carbonyl (C=O) groups excluding carboxylic acids is 4. The summed E-state index contributed by atoms with van der Waals surface area (Å²) in [5, 5.41) is 0. The Morgan fingerprint density at radius 2 is 1.13 bits per heavy atom. The highest BCUT2D eigenvalue weighted by Crippen LogP contribution is 2.38. The molecule has 0 aromatic heterocycles. The van der Waals surface area contributed by atoms with Gasteiger partial charge in [0.15, 0.2) is 0 Å². The largest absolute Gasteiger partial charge is 0.469 e. The molecule has 14 nitrogen and oxygen atoms in total. The molecule has 4 N–H and O–H groups in total. The lowest BCUT2D eigenvalue weighted by Crippen LogP contribution is -2.32. The normalized spacial score (nSPS) is 15.0. The number of carbonyl (C=O) groups is 4. The molecular weight excluding hydrogens is 644 g/mol. The molecule has 0 aromatic rings. The number of ether oxygens (including phenoxy) is 2. The zero-order valence-electron chi connectivity index (χ0n) is 28.4. The summed E-state index contributed by atoms with van der Waals surface area (Å²) in [5.74, 6) is -4.91. The molecule has 16 heteroatoms. The van der Waals surface area contributed by atoms with E-state index >= 15 is 0 Å². The predicted molar refractivity (Wildman–Crippen MR) is 172 cm³/mol. The molecule has 0 radical (unpaired) electrons. The fourth-order valence-corrected chi connectivity index (χ4v) is 6.75. The van der Waals surface area contributed by atoms with Gasteiger partial charge in [-0.3, -0.25) is 27.5 Å². The highest BCUT2D eigenvalue weighted by atomic mass is 32.2. The highest BCUT2D eigenvalue weighted by Gasteiger charge is 2.38. The van der Waals surface area contributed by atoms with Gasteiger partial charge in [0.1, 0.15) is 4.91 Å². The number of nitrogens with two attached hydrogens (primary N) is 2. The van der Waals surface area contributed by atoms with Crippen LogP contribution in [0, 0.1) is 35.0 Å². The molecule has 5 unspecified atom stereocenters. The third kappa shape index (κ3) is 14.2. The van der Waals surface area contributed by atoms with Crippen LogP contribution < -0.4 is 11.5 Å². The first-order valence-corrected chi connectivity index (χ1v) is 17.3. The summed E-state index contributed by atoms with van der Waals surface area (Å²) >= 11 is 0. The molecule has 0 bridgehead atoms. The van der Waals surface area contributed by atoms with E-state index in [-0.39, 0.29) is 35.5 Å². The summed E-state index contributed by atoms with van der Waals surface area (Å²) in [7, 11) is -3.29. The third-order valence-electron chi connectivity index (χ3n) is 7.78. The van der Waals surface area contributed by atoms with E-state index < -0.39 is 79.0 Å². The highest BCUT2D eigenvalue weighted by molar-refractivity contribution is 7.91. The quantitative estimate of drug-likeness (QED) is 0.106. The monoisotopic (exact) mass is 696 g/mol. The molecule has 0 saturated carbocycles. The summed E-state index contributed by atoms with van der Waals surface area (Å²) in [4.78, 5) is 46.5. The van der Waals surface area contributed by atoms with Crippen molar-refractivity contribution >= 4 is 44.0 Å². The van der Waals surface area contributed by atoms with Crippen LogP contribution in [0.2, 0.25) is 0 Å². The van der Waals surface area contributed by atoms with Crippen LogP contribution in [0.5, 0.6) is 0 Å². The van der Waals surface area contributed by atoms with Gasteiger partial charge in [0.05, 0.1) is 45.2 Å². The van der Waals surface area contributed by atoms with Crippen molar-refractivity contribution < 1.29 is 53.9 Å². The lowest BCUT2D eigenvalue weighted by molar-refractivity contribution is -0.148. The van der Waals surface area contributed by atoms with E-state index in [2.05, 4.69) is 27.3 Å². The fraction of sp³-hybridized carbons (Fsp3) is 0.700. The summed E-state index contributed by atoms with van der Waals surface area (Å²) in [5.41, 5.74) is 12.1. The molecule has 0 rings (SSSR count). The average Bonchev–Trinajstić information content (AvgIpc) is 2.99. The Kier molecular flexibility index (Phi) is 19.8. The Labute approximate surface area is 274 Å². The van der Waals surface area contributed by atoms with Gasteiger partial charge in [-0.1, -0.05) is 47.8 Å². The maximum atomic E-state index is 12.0. The van der Waals surface area contributed by atoms with Gasteiger partial charge < -0.3 is 20.9 Å². The van der Waals surface area contributed by atoms with Gasteiger partial charge in [-0.05, 0) is 38.5 Å². The molecule has 266 valence electrons. The Balaban J connectivity index is 0. The minimum Gasteiger partial charge on any atom is -0.469 e. The van der Waals surface area contributed by atoms with E-state index in [4.69, 9.17) is 20.9 Å². The Hall–Kier alpha value is -3.04. The summed E-state index contributed by atoms with van der Waals surface area (Å²) in [6.45, 7) is 15.4. The molecule has 0 spiro atoms. The lowest BCUT2D eigenvalue weighted by atomic mass is 9.78. The minimum atomic E-state index is -3.94. The number of rotatable bonds is 20. The van der Waals surface area contributed by atoms with Crippen LogP contribution in [0.3, 0.4) is 0 Å². The second kappa shape index (κ2) is 20.3. The molecular formula is C30H52N2O12S2. The number of hydrogen-bond donors (Lipinski definition) is 2. The minimum absolute atomic E-state index is 0.131. The first-order chi connectivity index (χ1) is 21.1. The topological polar surface area (TPSA) is 226 Å². The fourth-order valence-electron chi connectivity index (χ4n) is 4.84. The summed E-state index contributed by atoms with van der Waals surface area (Å²) < 4.78 is 65.8. The van der Waals surface area contributed by atoms with Crippen LogP contribution in [0.25, 0.3) is 0 Å². The summed E-state index contributed by atoms with van der Waals surface area (Å²) in [6, 6.07) is 0. The Bertz CT molecular complexity index is 1330. The second-order valence-electron chi connectivity index (χ2n) is 11.4. The SMILES string of the molecule is C=C(C(C)(C)CC(CC(CC)C(N)=O)C(=O)OC)S(=O)(=O)OC.C=C=C(C(C)CC(CC(CC)C(N)=O)C(=O)OC)S(=O)(=O)OC. The van der Waals surface area contributed by atoms with Gasteiger partial charge in [0.2, 0.25) is 11.8 Å². The van der Waals surface area contributed by atoms with E-state index in [0.717, 1.165) is 14.2 Å². The molecule has 46 heavy (non-hydrogen) atoms. The Morgan fingerprint density at radius 3 is 1.46 bits per heavy atom. The number of allylic oxidation sites excluding steroid dienone is 2. The predicted octanol–water partition coefficient (Wildman–Crippen LogP) is 2.93. The van der Waals surface area contributed by atoms with Gasteiger partial charge in [-0.2, -0.15) is 16.8 Å². The molecule has 2 amide bonds. The van der Waals surface area contributed by atoms with Crippen LogP contribution in [0.1, 0.15) is 73.1 Å². The number of hydrogen-bond acceptors (Lipinski definition) is 12. The maximum absolute atomic E-state index is 12.0. The molecule has 0 aromatic carbocycles. The zero-order chi connectivity index (χ0) is 36.6. The first-order valence-electron chi connectivity index (χ1n) is 14.5. The van der Waals surface area contributed by atoms with Crippen molar-refractivity contribution in [1.29, 1.82) is 0 Å². The molecule has 0 heterocycles. The van der Waals surface area contributed by atoms with Crippen molar-refractivity contribution in [3.63, 3.8) is 0 Å². The zero-order valence-corrected chi connectivity index (χ0v) is 30.0. The van der Waals surface area contributed by atoms with Crippen LogP contribution in [0.4, 0.5) is 0 Å². The van der Waals surface area contributed by atoms with Crippen molar-refractivity contribution in [1.82, 2.24) is 0 Å². The van der Waals surface area contributed by atoms with Crippen molar-refractivity contribution in [3.8, 4) is 0 Å². The molecule has 0 saturated heterocycles. The molecule has 0 aliphatic carbocycles. The first kappa shape index (κ1) is 45.1. The van der Waals surface area contributed by atoms with Crippen LogP contribution >= 0.6 is 0 Å². The second-order valence-corrected chi connectivity index (χ2v) is 14.8. The van der Waals surface area contributed by atoms with Crippen molar-refractivity contribution in [2.24, 2.45) is 46.5 Å². The Morgan fingerprint density at radius 1 is 0.739 bits per heavy atom. The maximum Gasteiger partial charge on any atom is 0.308 e. The van der Waals surface area contributed by atoms with Crippen LogP contribution in [-0.4, -0.2) is 69.0 Å². The number of methoxy groups -OCH3 is 2. The van der Waals surface area contributed by atoms with Crippen molar-refractivity contribution in [2.75, 3.05) is 28.4 Å². The molecule has 5 atom stereocenters. The van der Waals surface area contributed by atoms with Crippen LogP contribution in [0.15, 0.2) is 28.7 Å². The lowest BCUT2D eigenvalue weighted by Gasteiger charge is -2.30. The number of primary amides is 2. The van der Waals surface area contributed by atoms with Gasteiger partial charge in [0.25, 0.3) is 20.2 Å². The van der Waals surface area contributed by atoms with Crippen molar-refractivity contribution in [2.45, 2.75) is 73.1 Å². The molecule has 0 fully saturated rings. The van der Waals surface area contributed by atoms with Gasteiger partial charge in [-0.15, -0.1) is 5.73 Å². The third-order valence-corrected chi connectivity index (χ3v) is 10.9. The molecule has 0 aliphatic heterocycles. The smallest absolute Gasteiger partial charge is 0.308 e. The van der Waals surface area contributed by atoms with E-state index in [1.165, 1.54) is 14.2 Å². The average molecular weight is 697 g/mol. The van der Waals surface area contributed by atoms with E-state index in [1.54, 1.807) is 34.6 Å². The number of esters is 2. The standard InChI is InChI=1S/C15H27NO6S.C15H25NO6S/c1-7-11(13(16)17)8-12(14(18)21-5)9-15(3,4)10(2)23(19,20)22-6;1-6-11(14(16)17)9-12(15(18)21-4)8-10(3)13(7-2)23(19,20)22-5/h11-12H,2,7-9H2,1,3-6H3,(H2,16,17);10-12H,2,6,8-9H2,1,3-5H3,(H2,16,17). The number of amides is 2. The summed E-state index contributed by atoms with van der Waals surface area (Å²) in [6.07, 6.45) is 1.66. The van der Waals surface area contributed by atoms with E-state index in [1.807, 2.05) is 0 Å². The van der Waals surface area contributed by atoms with Gasteiger partial charge in [-0.25, -0.2) is 0 Å².